The van der Waals surface area contributed by atoms with Crippen molar-refractivity contribution in [2.75, 3.05) is 18.0 Å². The summed E-state index contributed by atoms with van der Waals surface area (Å²) in [5.74, 6) is -1.24. The largest absolute Gasteiger partial charge is 0.490 e. The van der Waals surface area contributed by atoms with Crippen LogP contribution < -0.4 is 10.6 Å². The fraction of sp³-hybridized carbons (Fsp3) is 0.526. The Kier molecular flexibility index (Phi) is 6.76. The predicted molar refractivity (Wildman–Crippen MR) is 103 cm³/mol. The molecule has 1 saturated heterocycles. The number of primary amides is 1. The maximum absolute atomic E-state index is 11.6. The zero-order valence-corrected chi connectivity index (χ0v) is 16.6. The summed E-state index contributed by atoms with van der Waals surface area (Å²) in [5, 5.41) is 15.7. The number of pyridine rings is 1. The Morgan fingerprint density at radius 2 is 1.84 bits per heavy atom. The number of piperidine rings is 1. The number of halogens is 3. The number of amides is 1. The van der Waals surface area contributed by atoms with Gasteiger partial charge in [0, 0.05) is 37.9 Å². The third-order valence-electron chi connectivity index (χ3n) is 5.21. The molecule has 0 spiro atoms. The molecule has 4 rings (SSSR count). The number of anilines is 1. The highest BCUT2D eigenvalue weighted by Gasteiger charge is 2.38. The van der Waals surface area contributed by atoms with Crippen LogP contribution in [0.15, 0.2) is 24.5 Å². The molecule has 31 heavy (non-hydrogen) atoms. The maximum atomic E-state index is 11.6. The first-order chi connectivity index (χ1) is 14.6. The van der Waals surface area contributed by atoms with Gasteiger partial charge in [-0.25, -0.2) is 9.78 Å². The van der Waals surface area contributed by atoms with E-state index in [1.165, 1.54) is 12.8 Å². The van der Waals surface area contributed by atoms with E-state index in [9.17, 15) is 18.0 Å². The lowest BCUT2D eigenvalue weighted by atomic mass is 9.96. The molecule has 1 aliphatic heterocycles. The van der Waals surface area contributed by atoms with Crippen molar-refractivity contribution < 1.29 is 27.9 Å². The van der Waals surface area contributed by atoms with Crippen LogP contribution in [0.1, 0.15) is 47.7 Å². The first kappa shape index (κ1) is 22.5. The quantitative estimate of drug-likeness (QED) is 0.730. The van der Waals surface area contributed by atoms with Gasteiger partial charge >= 0.3 is 12.1 Å². The van der Waals surface area contributed by atoms with E-state index in [0.717, 1.165) is 38.2 Å². The molecule has 2 aromatic heterocycles. The molecule has 0 atom stereocenters. The molecular formula is C19H23F3N6O3. The van der Waals surface area contributed by atoms with Crippen LogP contribution in [0.2, 0.25) is 0 Å². The number of hydrogen-bond acceptors (Lipinski definition) is 6. The van der Waals surface area contributed by atoms with Crippen LogP contribution in [-0.2, 0) is 11.3 Å². The topological polar surface area (TPSA) is 127 Å². The summed E-state index contributed by atoms with van der Waals surface area (Å²) in [6, 6.07) is 3.49. The summed E-state index contributed by atoms with van der Waals surface area (Å²) < 4.78 is 33.7. The third kappa shape index (κ3) is 6.15. The smallest absolute Gasteiger partial charge is 0.475 e. The summed E-state index contributed by atoms with van der Waals surface area (Å²) in [4.78, 5) is 27.0. The molecule has 168 valence electrons. The lowest BCUT2D eigenvalue weighted by molar-refractivity contribution is -0.192. The monoisotopic (exact) mass is 440 g/mol. The van der Waals surface area contributed by atoms with Gasteiger partial charge in [-0.3, -0.25) is 9.48 Å². The minimum absolute atomic E-state index is 0.421. The molecular weight excluding hydrogens is 417 g/mol. The Labute approximate surface area is 176 Å². The van der Waals surface area contributed by atoms with E-state index < -0.39 is 18.1 Å². The molecule has 3 N–H and O–H groups in total. The van der Waals surface area contributed by atoms with Gasteiger partial charge in [0.1, 0.15) is 5.82 Å². The summed E-state index contributed by atoms with van der Waals surface area (Å²) >= 11 is 0. The van der Waals surface area contributed by atoms with Gasteiger partial charge < -0.3 is 15.7 Å². The molecule has 2 aromatic rings. The van der Waals surface area contributed by atoms with Crippen molar-refractivity contribution >= 4 is 17.7 Å². The Morgan fingerprint density at radius 1 is 1.19 bits per heavy atom. The molecule has 2 aliphatic rings. The molecule has 1 aliphatic carbocycles. The first-order valence-electron chi connectivity index (χ1n) is 9.85. The molecule has 1 saturated carbocycles. The summed E-state index contributed by atoms with van der Waals surface area (Å²) in [7, 11) is 0. The van der Waals surface area contributed by atoms with Crippen LogP contribution in [0.5, 0.6) is 0 Å². The second-order valence-electron chi connectivity index (χ2n) is 7.61. The van der Waals surface area contributed by atoms with Gasteiger partial charge in [-0.1, -0.05) is 5.21 Å². The van der Waals surface area contributed by atoms with Gasteiger partial charge in [-0.15, -0.1) is 5.10 Å². The van der Waals surface area contributed by atoms with Crippen LogP contribution in [0.25, 0.3) is 0 Å². The number of carbonyl (C=O) groups is 2. The Bertz CT molecular complexity index is 921. The highest BCUT2D eigenvalue weighted by atomic mass is 19.4. The number of nitrogens with two attached hydrogens (primary N) is 1. The Morgan fingerprint density at radius 3 is 2.39 bits per heavy atom. The van der Waals surface area contributed by atoms with Gasteiger partial charge in [0.15, 0.2) is 0 Å². The second-order valence-corrected chi connectivity index (χ2v) is 7.61. The highest BCUT2D eigenvalue weighted by Crippen LogP contribution is 2.38. The van der Waals surface area contributed by atoms with E-state index in [-0.39, 0.29) is 0 Å². The third-order valence-corrected chi connectivity index (χ3v) is 5.21. The van der Waals surface area contributed by atoms with Crippen molar-refractivity contribution in [2.24, 2.45) is 11.7 Å². The standard InChI is InChI=1S/C17H22N6O.C2HF3O2/c18-16(24)14-2-1-7-19-17(14)22-8-5-12(6-9-22)10-23-11-15(20-21-23)13-3-4-13;3-2(4,5)1(6)7/h1-2,7,11-13H,3-6,8-10H2,(H2,18,24);(H,6,7). The Hall–Kier alpha value is -3.18. The molecule has 9 nitrogen and oxygen atoms in total. The van der Waals surface area contributed by atoms with E-state index in [1.807, 2.05) is 4.68 Å². The lowest BCUT2D eigenvalue weighted by Crippen LogP contribution is -2.37. The van der Waals surface area contributed by atoms with Crippen molar-refractivity contribution in [2.45, 2.75) is 44.3 Å². The minimum atomic E-state index is -5.08. The number of aliphatic carboxylic acids is 1. The predicted octanol–water partition coefficient (Wildman–Crippen LogP) is 2.20. The van der Waals surface area contributed by atoms with Gasteiger partial charge in [-0.05, 0) is 43.7 Å². The minimum Gasteiger partial charge on any atom is -0.475 e. The van der Waals surface area contributed by atoms with Crippen LogP contribution in [-0.4, -0.2) is 56.2 Å². The van der Waals surface area contributed by atoms with Gasteiger partial charge in [0.2, 0.25) is 0 Å². The van der Waals surface area contributed by atoms with Crippen molar-refractivity contribution in [3.63, 3.8) is 0 Å². The van der Waals surface area contributed by atoms with Crippen LogP contribution in [0, 0.1) is 5.92 Å². The van der Waals surface area contributed by atoms with Crippen LogP contribution >= 0.6 is 0 Å². The zero-order chi connectivity index (χ0) is 22.6. The lowest BCUT2D eigenvalue weighted by Gasteiger charge is -2.33. The molecule has 12 heteroatoms. The molecule has 0 radical (unpaired) electrons. The zero-order valence-electron chi connectivity index (χ0n) is 16.6. The molecule has 3 heterocycles. The van der Waals surface area contributed by atoms with Gasteiger partial charge in [0.05, 0.1) is 11.3 Å². The number of aromatic nitrogens is 4. The molecule has 2 fully saturated rings. The van der Waals surface area contributed by atoms with E-state index >= 15 is 0 Å². The maximum Gasteiger partial charge on any atom is 0.490 e. The van der Waals surface area contributed by atoms with E-state index in [4.69, 9.17) is 15.6 Å². The Balaban J connectivity index is 0.000000339. The van der Waals surface area contributed by atoms with Crippen molar-refractivity contribution in [1.82, 2.24) is 20.0 Å². The van der Waals surface area contributed by atoms with Crippen molar-refractivity contribution in [3.05, 3.63) is 35.8 Å². The number of carboxylic acid groups (broad SMARTS) is 1. The SMILES string of the molecule is NC(=O)c1cccnc1N1CCC(Cn2cc(C3CC3)nn2)CC1.O=C(O)C(F)(F)F. The number of rotatable bonds is 5. The summed E-state index contributed by atoms with van der Waals surface area (Å²) in [5.41, 5.74) is 7.10. The average Bonchev–Trinajstić information content (AvgIpc) is 3.47. The molecule has 0 aromatic carbocycles. The van der Waals surface area contributed by atoms with Crippen molar-refractivity contribution in [1.29, 1.82) is 0 Å². The van der Waals surface area contributed by atoms with Crippen LogP contribution in [0.3, 0.4) is 0 Å². The molecule has 1 amide bonds. The number of alkyl halides is 3. The average molecular weight is 440 g/mol. The number of hydrogen-bond donors (Lipinski definition) is 2. The highest BCUT2D eigenvalue weighted by molar-refractivity contribution is 5.97. The van der Waals surface area contributed by atoms with E-state index in [2.05, 4.69) is 26.4 Å². The molecule has 0 unspecified atom stereocenters. The van der Waals surface area contributed by atoms with Crippen LogP contribution in [0.4, 0.5) is 19.0 Å². The summed E-state index contributed by atoms with van der Waals surface area (Å²) in [6.07, 6.45) is 3.34. The van der Waals surface area contributed by atoms with Gasteiger partial charge in [0.25, 0.3) is 5.91 Å². The number of carbonyl (C=O) groups excluding carboxylic acids is 1. The summed E-state index contributed by atoms with van der Waals surface area (Å²) in [6.45, 7) is 2.68. The molecule has 0 bridgehead atoms. The second kappa shape index (κ2) is 9.31. The number of nitrogens with zero attached hydrogens (tertiary/aromatic N) is 5. The fourth-order valence-corrected chi connectivity index (χ4v) is 3.40. The first-order valence-corrected chi connectivity index (χ1v) is 9.85. The van der Waals surface area contributed by atoms with Gasteiger partial charge in [-0.2, -0.15) is 13.2 Å². The van der Waals surface area contributed by atoms with Crippen molar-refractivity contribution in [3.8, 4) is 0 Å². The number of carboxylic acids is 1. The fourth-order valence-electron chi connectivity index (χ4n) is 3.40. The van der Waals surface area contributed by atoms with E-state index in [1.54, 1.807) is 18.3 Å². The van der Waals surface area contributed by atoms with E-state index in [0.29, 0.717) is 23.2 Å². The normalized spacial score (nSPS) is 17.1.